The van der Waals surface area contributed by atoms with Crippen LogP contribution in [0.25, 0.3) is 10.9 Å². The lowest BCUT2D eigenvalue weighted by molar-refractivity contribution is -0.0979. The summed E-state index contributed by atoms with van der Waals surface area (Å²) in [5.74, 6) is 0.906. The monoisotopic (exact) mass is 387 g/mol. The topological polar surface area (TPSA) is 59.4 Å². The molecule has 1 heterocycles. The van der Waals surface area contributed by atoms with E-state index in [-0.39, 0.29) is 5.75 Å². The fourth-order valence-electron chi connectivity index (χ4n) is 2.71. The van der Waals surface area contributed by atoms with E-state index >= 15 is 0 Å². The Kier molecular flexibility index (Phi) is 8.39. The molecule has 4 rings (SSSR count). The van der Waals surface area contributed by atoms with Gasteiger partial charge in [-0.15, -0.1) is 0 Å². The Morgan fingerprint density at radius 2 is 1.62 bits per heavy atom. The molecule has 0 aliphatic rings. The van der Waals surface area contributed by atoms with Crippen LogP contribution in [0, 0.1) is 13.8 Å². The van der Waals surface area contributed by atoms with Crippen LogP contribution >= 0.6 is 0 Å². The molecule has 0 aliphatic heterocycles. The molecule has 4 nitrogen and oxygen atoms in total. The number of pyridine rings is 1. The summed E-state index contributed by atoms with van der Waals surface area (Å²) >= 11 is 0. The van der Waals surface area contributed by atoms with Crippen LogP contribution in [0.2, 0.25) is 0 Å². The van der Waals surface area contributed by atoms with Gasteiger partial charge in [0, 0.05) is 17.1 Å². The van der Waals surface area contributed by atoms with E-state index < -0.39 is 0 Å². The summed E-state index contributed by atoms with van der Waals surface area (Å²) in [7, 11) is 0. The second-order valence-electron chi connectivity index (χ2n) is 6.42. The Morgan fingerprint density at radius 1 is 0.862 bits per heavy atom. The first-order valence-corrected chi connectivity index (χ1v) is 9.19. The maximum absolute atomic E-state index is 9.27. The zero-order chi connectivity index (χ0) is 21.1. The predicted molar refractivity (Wildman–Crippen MR) is 117 cm³/mol. The molecule has 148 valence electrons. The lowest BCUT2D eigenvalue weighted by Crippen LogP contribution is -1.95. The molecule has 0 fully saturated rings. The normalized spacial score (nSPS) is 9.59. The molecule has 0 unspecified atom stereocenters. The van der Waals surface area contributed by atoms with Crippen LogP contribution in [-0.2, 0) is 11.4 Å². The SMILES string of the molecule is C=O.Cc1ccc2ccccc2n1.Cc1cccc(COc2cccc(O)c2)c1. The Balaban J connectivity index is 0.000000201. The van der Waals surface area contributed by atoms with Gasteiger partial charge in [0.15, 0.2) is 0 Å². The van der Waals surface area contributed by atoms with Crippen LogP contribution in [0.15, 0.2) is 84.9 Å². The first-order chi connectivity index (χ1) is 14.1. The molecule has 0 aliphatic carbocycles. The molecule has 29 heavy (non-hydrogen) atoms. The highest BCUT2D eigenvalue weighted by Gasteiger charge is 1.97. The summed E-state index contributed by atoms with van der Waals surface area (Å²) in [6.45, 7) is 6.58. The lowest BCUT2D eigenvalue weighted by atomic mass is 10.1. The van der Waals surface area contributed by atoms with E-state index in [0.717, 1.165) is 16.8 Å². The maximum Gasteiger partial charge on any atom is 0.123 e. The summed E-state index contributed by atoms with van der Waals surface area (Å²) in [5.41, 5.74) is 4.50. The molecule has 0 atom stereocenters. The maximum atomic E-state index is 9.27. The molecule has 1 N–H and O–H groups in total. The van der Waals surface area contributed by atoms with Gasteiger partial charge < -0.3 is 14.6 Å². The van der Waals surface area contributed by atoms with Gasteiger partial charge in [-0.25, -0.2) is 0 Å². The van der Waals surface area contributed by atoms with Gasteiger partial charge >= 0.3 is 0 Å². The van der Waals surface area contributed by atoms with Crippen molar-refractivity contribution in [2.45, 2.75) is 20.5 Å². The molecule has 0 saturated carbocycles. The summed E-state index contributed by atoms with van der Waals surface area (Å²) in [6, 6.07) is 27.3. The van der Waals surface area contributed by atoms with E-state index in [2.05, 4.69) is 36.2 Å². The number of hydrogen-bond donors (Lipinski definition) is 1. The van der Waals surface area contributed by atoms with Crippen LogP contribution in [0.1, 0.15) is 16.8 Å². The van der Waals surface area contributed by atoms with Gasteiger partial charge in [0.05, 0.1) is 5.52 Å². The second kappa shape index (κ2) is 11.2. The minimum Gasteiger partial charge on any atom is -0.508 e. The van der Waals surface area contributed by atoms with Crippen molar-refractivity contribution in [3.05, 3.63) is 102 Å². The Morgan fingerprint density at radius 3 is 2.38 bits per heavy atom. The van der Waals surface area contributed by atoms with Crippen LogP contribution in [0.4, 0.5) is 0 Å². The highest BCUT2D eigenvalue weighted by Crippen LogP contribution is 2.19. The van der Waals surface area contributed by atoms with Crippen molar-refractivity contribution in [1.29, 1.82) is 0 Å². The van der Waals surface area contributed by atoms with Gasteiger partial charge in [0.1, 0.15) is 24.9 Å². The van der Waals surface area contributed by atoms with Gasteiger partial charge in [0.2, 0.25) is 0 Å². The number of benzene rings is 3. The number of para-hydroxylation sites is 1. The number of phenolic OH excluding ortho intramolecular Hbond substituents is 1. The highest BCUT2D eigenvalue weighted by molar-refractivity contribution is 5.78. The molecule has 4 aromatic rings. The Labute approximate surface area is 171 Å². The lowest BCUT2D eigenvalue weighted by Gasteiger charge is -2.06. The smallest absolute Gasteiger partial charge is 0.123 e. The van der Waals surface area contributed by atoms with E-state index in [1.165, 1.54) is 10.9 Å². The van der Waals surface area contributed by atoms with E-state index in [9.17, 15) is 5.11 Å². The minimum atomic E-state index is 0.224. The van der Waals surface area contributed by atoms with Gasteiger partial charge in [-0.2, -0.15) is 0 Å². The van der Waals surface area contributed by atoms with Crippen molar-refractivity contribution >= 4 is 17.7 Å². The number of phenols is 1. The zero-order valence-electron chi connectivity index (χ0n) is 16.7. The van der Waals surface area contributed by atoms with Crippen LogP contribution in [0.3, 0.4) is 0 Å². The molecule has 1 aromatic heterocycles. The van der Waals surface area contributed by atoms with Crippen LogP contribution < -0.4 is 4.74 Å². The summed E-state index contributed by atoms with van der Waals surface area (Å²) in [4.78, 5) is 12.4. The second-order valence-corrected chi connectivity index (χ2v) is 6.42. The van der Waals surface area contributed by atoms with Crippen LogP contribution in [-0.4, -0.2) is 16.9 Å². The number of fused-ring (bicyclic) bond motifs is 1. The number of ether oxygens (including phenoxy) is 1. The largest absolute Gasteiger partial charge is 0.508 e. The van der Waals surface area contributed by atoms with E-state index in [1.807, 2.05) is 56.2 Å². The molecule has 0 spiro atoms. The quantitative estimate of drug-likeness (QED) is 0.494. The first-order valence-electron chi connectivity index (χ1n) is 9.19. The number of hydrogen-bond acceptors (Lipinski definition) is 4. The Bertz CT molecular complexity index is 1000. The van der Waals surface area contributed by atoms with Crippen molar-refractivity contribution in [1.82, 2.24) is 4.98 Å². The molecular weight excluding hydrogens is 362 g/mol. The number of carbonyl (C=O) groups is 1. The molecule has 0 radical (unpaired) electrons. The van der Waals surface area contributed by atoms with Gasteiger partial charge in [0.25, 0.3) is 0 Å². The van der Waals surface area contributed by atoms with Crippen molar-refractivity contribution in [2.24, 2.45) is 0 Å². The molecule has 0 saturated heterocycles. The minimum absolute atomic E-state index is 0.224. The van der Waals surface area contributed by atoms with Gasteiger partial charge in [-0.05, 0) is 43.7 Å². The summed E-state index contributed by atoms with van der Waals surface area (Å²) < 4.78 is 5.57. The van der Waals surface area contributed by atoms with Crippen molar-refractivity contribution < 1.29 is 14.6 Å². The summed E-state index contributed by atoms with van der Waals surface area (Å²) in [5, 5.41) is 10.5. The van der Waals surface area contributed by atoms with E-state index in [0.29, 0.717) is 12.4 Å². The predicted octanol–water partition coefficient (Wildman–Crippen LogP) is 5.64. The highest BCUT2D eigenvalue weighted by atomic mass is 16.5. The standard InChI is InChI=1S/C14H14O2.C10H9N.CH2O/c1-11-4-2-5-12(8-11)10-16-14-7-3-6-13(15)9-14;1-8-6-7-9-4-2-3-5-10(9)11-8;1-2/h2-9,15H,10H2,1H3;2-7H,1H3;1H2. The van der Waals surface area contributed by atoms with Gasteiger partial charge in [-0.3, -0.25) is 4.98 Å². The third kappa shape index (κ3) is 7.11. The fraction of sp³-hybridized carbons (Fsp3) is 0.120. The van der Waals surface area contributed by atoms with Crippen molar-refractivity contribution in [3.63, 3.8) is 0 Å². The third-order valence-corrected chi connectivity index (χ3v) is 4.04. The van der Waals surface area contributed by atoms with Gasteiger partial charge in [-0.1, -0.05) is 60.2 Å². The Hall–Kier alpha value is -3.66. The third-order valence-electron chi connectivity index (χ3n) is 4.04. The number of nitrogens with zero attached hydrogens (tertiary/aromatic N) is 1. The summed E-state index contributed by atoms with van der Waals surface area (Å²) in [6.07, 6.45) is 0. The van der Waals surface area contributed by atoms with E-state index in [1.54, 1.807) is 18.2 Å². The fourth-order valence-corrected chi connectivity index (χ4v) is 2.71. The number of aryl methyl sites for hydroxylation is 2. The molecule has 0 bridgehead atoms. The molecule has 3 aromatic carbocycles. The zero-order valence-corrected chi connectivity index (χ0v) is 16.7. The number of rotatable bonds is 3. The number of aromatic hydroxyl groups is 1. The molecule has 4 heteroatoms. The number of aromatic nitrogens is 1. The van der Waals surface area contributed by atoms with E-state index in [4.69, 9.17) is 9.53 Å². The van der Waals surface area contributed by atoms with Crippen molar-refractivity contribution in [2.75, 3.05) is 0 Å². The van der Waals surface area contributed by atoms with Crippen molar-refractivity contribution in [3.8, 4) is 11.5 Å². The molecular formula is C25H25NO3. The van der Waals surface area contributed by atoms with Crippen LogP contribution in [0.5, 0.6) is 11.5 Å². The molecule has 0 amide bonds. The first kappa shape index (κ1) is 21.6. The average molecular weight is 387 g/mol. The number of carbonyl (C=O) groups excluding carboxylic acids is 1. The average Bonchev–Trinajstić information content (AvgIpc) is 2.74.